The minimum absolute atomic E-state index is 0.157. The van der Waals surface area contributed by atoms with Crippen molar-refractivity contribution >= 4 is 40.6 Å². The minimum Gasteiger partial charge on any atom is -0.378 e. The third-order valence-corrected chi connectivity index (χ3v) is 5.86. The first-order chi connectivity index (χ1) is 14.6. The fourth-order valence-corrected chi connectivity index (χ4v) is 4.14. The van der Waals surface area contributed by atoms with Gasteiger partial charge in [0.1, 0.15) is 0 Å². The second kappa shape index (κ2) is 9.46. The van der Waals surface area contributed by atoms with E-state index in [1.807, 2.05) is 49.4 Å². The molecule has 1 N–H and O–H groups in total. The van der Waals surface area contributed by atoms with Crippen molar-refractivity contribution in [3.05, 3.63) is 53.1 Å². The predicted molar refractivity (Wildman–Crippen MR) is 118 cm³/mol. The van der Waals surface area contributed by atoms with Crippen molar-refractivity contribution in [2.24, 2.45) is 0 Å². The Hall–Kier alpha value is -2.62. The van der Waals surface area contributed by atoms with E-state index in [0.29, 0.717) is 29.1 Å². The Morgan fingerprint density at radius 2 is 1.97 bits per heavy atom. The van der Waals surface area contributed by atoms with Crippen LogP contribution >= 0.6 is 23.4 Å². The molecular weight excluding hydrogens is 424 g/mol. The van der Waals surface area contributed by atoms with Crippen LogP contribution in [-0.4, -0.2) is 58.2 Å². The third kappa shape index (κ3) is 4.75. The molecule has 1 fully saturated rings. The van der Waals surface area contributed by atoms with Gasteiger partial charge < -0.3 is 15.0 Å². The van der Waals surface area contributed by atoms with Gasteiger partial charge in [0.05, 0.1) is 41.1 Å². The Morgan fingerprint density at radius 1 is 1.20 bits per heavy atom. The summed E-state index contributed by atoms with van der Waals surface area (Å²) in [5.74, 6) is 0.0108. The number of halogens is 1. The molecule has 1 aliphatic rings. The number of ether oxygens (including phenoxy) is 1. The van der Waals surface area contributed by atoms with Crippen LogP contribution in [0.3, 0.4) is 0 Å². The average Bonchev–Trinajstić information content (AvgIpc) is 3.22. The van der Waals surface area contributed by atoms with Crippen LogP contribution < -0.4 is 10.2 Å². The van der Waals surface area contributed by atoms with Gasteiger partial charge in [-0.1, -0.05) is 47.1 Å². The summed E-state index contributed by atoms with van der Waals surface area (Å²) in [6, 6.07) is 13.4. The Kier molecular flexibility index (Phi) is 6.51. The summed E-state index contributed by atoms with van der Waals surface area (Å²) in [4.78, 5) is 14.8. The third-order valence-electron chi connectivity index (χ3n) is 4.64. The first kappa shape index (κ1) is 20.6. The lowest BCUT2D eigenvalue weighted by Gasteiger charge is -2.31. The highest BCUT2D eigenvalue weighted by Gasteiger charge is 2.19. The van der Waals surface area contributed by atoms with E-state index in [1.54, 1.807) is 4.68 Å². The SMILES string of the molecule is Cc1ccc(-n2nnnc2SCC(=O)Nc2cccc(Cl)c2N2CCOCC2)cc1. The van der Waals surface area contributed by atoms with Crippen LogP contribution in [0.1, 0.15) is 5.56 Å². The number of amides is 1. The molecule has 10 heteroatoms. The molecule has 156 valence electrons. The first-order valence-corrected chi connectivity index (χ1v) is 10.9. The number of rotatable bonds is 6. The maximum Gasteiger partial charge on any atom is 0.234 e. The lowest BCUT2D eigenvalue weighted by atomic mass is 10.2. The molecule has 1 saturated heterocycles. The fraction of sp³-hybridized carbons (Fsp3) is 0.300. The van der Waals surface area contributed by atoms with E-state index in [0.717, 1.165) is 30.0 Å². The van der Waals surface area contributed by atoms with Gasteiger partial charge >= 0.3 is 0 Å². The second-order valence-electron chi connectivity index (χ2n) is 6.78. The van der Waals surface area contributed by atoms with Gasteiger partial charge in [0.25, 0.3) is 0 Å². The summed E-state index contributed by atoms with van der Waals surface area (Å²) in [6.45, 7) is 4.75. The van der Waals surface area contributed by atoms with E-state index in [1.165, 1.54) is 11.8 Å². The Morgan fingerprint density at radius 3 is 2.73 bits per heavy atom. The lowest BCUT2D eigenvalue weighted by molar-refractivity contribution is -0.113. The Labute approximate surface area is 183 Å². The number of thioether (sulfide) groups is 1. The number of hydrogen-bond acceptors (Lipinski definition) is 7. The number of para-hydroxylation sites is 1. The molecule has 2 heterocycles. The zero-order valence-electron chi connectivity index (χ0n) is 16.4. The molecule has 4 rings (SSSR count). The van der Waals surface area contributed by atoms with Crippen LogP contribution in [0, 0.1) is 6.92 Å². The molecule has 0 radical (unpaired) electrons. The first-order valence-electron chi connectivity index (χ1n) is 9.51. The summed E-state index contributed by atoms with van der Waals surface area (Å²) in [7, 11) is 0. The van der Waals surface area contributed by atoms with Crippen LogP contribution in [0.5, 0.6) is 0 Å². The smallest absolute Gasteiger partial charge is 0.234 e. The van der Waals surface area contributed by atoms with E-state index in [4.69, 9.17) is 16.3 Å². The van der Waals surface area contributed by atoms with Gasteiger partial charge in [-0.05, 0) is 41.6 Å². The van der Waals surface area contributed by atoms with Crippen LogP contribution in [0.15, 0.2) is 47.6 Å². The maximum atomic E-state index is 12.7. The van der Waals surface area contributed by atoms with Crippen LogP contribution in [0.25, 0.3) is 5.69 Å². The van der Waals surface area contributed by atoms with Gasteiger partial charge in [-0.25, -0.2) is 0 Å². The summed E-state index contributed by atoms with van der Waals surface area (Å²) in [6.07, 6.45) is 0. The van der Waals surface area contributed by atoms with Crippen molar-refractivity contribution in [1.82, 2.24) is 20.2 Å². The van der Waals surface area contributed by atoms with Crippen molar-refractivity contribution in [3.63, 3.8) is 0 Å². The van der Waals surface area contributed by atoms with Gasteiger partial charge in [-0.15, -0.1) is 5.10 Å². The van der Waals surface area contributed by atoms with E-state index in [-0.39, 0.29) is 11.7 Å². The molecule has 30 heavy (non-hydrogen) atoms. The molecule has 0 bridgehead atoms. The van der Waals surface area contributed by atoms with E-state index < -0.39 is 0 Å². The highest BCUT2D eigenvalue weighted by Crippen LogP contribution is 2.34. The summed E-state index contributed by atoms with van der Waals surface area (Å²) >= 11 is 7.71. The standard InChI is InChI=1S/C20H21ClN6O2S/c1-14-5-7-15(8-6-14)27-20(23-24-25-27)30-13-18(28)22-17-4-2-3-16(21)19(17)26-9-11-29-12-10-26/h2-8H,9-13H2,1H3,(H,22,28). The number of carbonyl (C=O) groups excluding carboxylic acids is 1. The molecule has 0 atom stereocenters. The van der Waals surface area contributed by atoms with Gasteiger partial charge in [-0.2, -0.15) is 4.68 Å². The Balaban J connectivity index is 1.44. The largest absolute Gasteiger partial charge is 0.378 e. The van der Waals surface area contributed by atoms with Crippen molar-refractivity contribution in [2.75, 3.05) is 42.3 Å². The second-order valence-corrected chi connectivity index (χ2v) is 8.13. The number of nitrogens with one attached hydrogen (secondary N) is 1. The van der Waals surface area contributed by atoms with Crippen molar-refractivity contribution in [3.8, 4) is 5.69 Å². The monoisotopic (exact) mass is 444 g/mol. The minimum atomic E-state index is -0.157. The highest BCUT2D eigenvalue weighted by molar-refractivity contribution is 7.99. The molecule has 0 unspecified atom stereocenters. The molecule has 0 spiro atoms. The number of carbonyl (C=O) groups is 1. The molecule has 1 aliphatic heterocycles. The number of aromatic nitrogens is 4. The van der Waals surface area contributed by atoms with Crippen LogP contribution in [0.4, 0.5) is 11.4 Å². The zero-order valence-corrected chi connectivity index (χ0v) is 18.0. The summed E-state index contributed by atoms with van der Waals surface area (Å²) < 4.78 is 7.04. The predicted octanol–water partition coefficient (Wildman–Crippen LogP) is 3.19. The Bertz CT molecular complexity index is 1020. The number of anilines is 2. The quantitative estimate of drug-likeness (QED) is 0.584. The number of benzene rings is 2. The molecule has 2 aromatic carbocycles. The van der Waals surface area contributed by atoms with E-state index in [9.17, 15) is 4.79 Å². The van der Waals surface area contributed by atoms with Gasteiger partial charge in [0.2, 0.25) is 11.1 Å². The summed E-state index contributed by atoms with van der Waals surface area (Å²) in [5.41, 5.74) is 3.51. The average molecular weight is 445 g/mol. The normalized spacial score (nSPS) is 14.0. The van der Waals surface area contributed by atoms with Crippen molar-refractivity contribution < 1.29 is 9.53 Å². The molecule has 8 nitrogen and oxygen atoms in total. The molecule has 1 aromatic heterocycles. The number of tetrazole rings is 1. The molecular formula is C20H21ClN6O2S. The lowest BCUT2D eigenvalue weighted by Crippen LogP contribution is -2.37. The molecule has 3 aromatic rings. The topological polar surface area (TPSA) is 85.2 Å². The van der Waals surface area contributed by atoms with Gasteiger partial charge in [0, 0.05) is 13.1 Å². The van der Waals surface area contributed by atoms with Crippen LogP contribution in [-0.2, 0) is 9.53 Å². The van der Waals surface area contributed by atoms with Gasteiger partial charge in [-0.3, -0.25) is 4.79 Å². The molecule has 0 saturated carbocycles. The fourth-order valence-electron chi connectivity index (χ4n) is 3.16. The van der Waals surface area contributed by atoms with Crippen molar-refractivity contribution in [1.29, 1.82) is 0 Å². The van der Waals surface area contributed by atoms with Gasteiger partial charge in [0.15, 0.2) is 0 Å². The number of nitrogens with zero attached hydrogens (tertiary/aromatic N) is 5. The highest BCUT2D eigenvalue weighted by atomic mass is 35.5. The molecule has 1 amide bonds. The van der Waals surface area contributed by atoms with Crippen molar-refractivity contribution in [2.45, 2.75) is 12.1 Å². The number of aryl methyl sites for hydroxylation is 1. The zero-order chi connectivity index (χ0) is 20.9. The van der Waals surface area contributed by atoms with E-state index >= 15 is 0 Å². The van der Waals surface area contributed by atoms with E-state index in [2.05, 4.69) is 25.7 Å². The number of morpholine rings is 1. The summed E-state index contributed by atoms with van der Waals surface area (Å²) in [5, 5.41) is 15.9. The number of hydrogen-bond donors (Lipinski definition) is 1. The maximum absolute atomic E-state index is 12.7. The van der Waals surface area contributed by atoms with Crippen LogP contribution in [0.2, 0.25) is 5.02 Å². The molecule has 0 aliphatic carbocycles.